The zero-order chi connectivity index (χ0) is 21.6. The van der Waals surface area contributed by atoms with Gasteiger partial charge in [-0.1, -0.05) is 63.6 Å². The summed E-state index contributed by atoms with van der Waals surface area (Å²) in [6.07, 6.45) is -0.549. The molecule has 8 heteroatoms. The van der Waals surface area contributed by atoms with E-state index in [1.54, 1.807) is 12.1 Å². The van der Waals surface area contributed by atoms with Gasteiger partial charge in [0.1, 0.15) is 6.10 Å². The van der Waals surface area contributed by atoms with Gasteiger partial charge in [0.25, 0.3) is 5.60 Å². The zero-order valence-electron chi connectivity index (χ0n) is 16.4. The van der Waals surface area contributed by atoms with E-state index in [9.17, 15) is 14.7 Å². The van der Waals surface area contributed by atoms with Crippen LogP contribution in [0, 0.1) is 0 Å². The summed E-state index contributed by atoms with van der Waals surface area (Å²) in [6, 6.07) is 16.7. The quantitative estimate of drug-likeness (QED) is 0.544. The van der Waals surface area contributed by atoms with E-state index >= 15 is 0 Å². The third-order valence-electron chi connectivity index (χ3n) is 4.87. The molecule has 0 saturated carbocycles. The van der Waals surface area contributed by atoms with Gasteiger partial charge in [0, 0.05) is 10.9 Å². The number of hydrogen-bond acceptors (Lipinski definition) is 6. The van der Waals surface area contributed by atoms with Gasteiger partial charge >= 0.3 is 11.9 Å². The third kappa shape index (κ3) is 5.06. The summed E-state index contributed by atoms with van der Waals surface area (Å²) in [6.45, 7) is 0.206. The van der Waals surface area contributed by atoms with Crippen LogP contribution in [0.25, 0.3) is 0 Å². The fraction of sp³-hybridized carbons (Fsp3) is 0.318. The predicted molar refractivity (Wildman–Crippen MR) is 113 cm³/mol. The SMILES string of the molecule is COC(=O)CCC1=NOC(C(=O)O)(C(OCc2ccccc2)c2ccc(Br)cc2)C1. The Morgan fingerprint density at radius 1 is 1.20 bits per heavy atom. The summed E-state index contributed by atoms with van der Waals surface area (Å²) in [7, 11) is 1.30. The lowest BCUT2D eigenvalue weighted by atomic mass is 9.85. The van der Waals surface area contributed by atoms with E-state index in [4.69, 9.17) is 9.57 Å². The zero-order valence-corrected chi connectivity index (χ0v) is 18.0. The number of benzene rings is 2. The van der Waals surface area contributed by atoms with Gasteiger partial charge in [-0.2, -0.15) is 0 Å². The molecule has 158 valence electrons. The van der Waals surface area contributed by atoms with Crippen LogP contribution in [0.15, 0.2) is 64.2 Å². The Morgan fingerprint density at radius 3 is 2.53 bits per heavy atom. The van der Waals surface area contributed by atoms with Crippen molar-refractivity contribution in [1.29, 1.82) is 0 Å². The van der Waals surface area contributed by atoms with Crippen LogP contribution in [0.3, 0.4) is 0 Å². The smallest absolute Gasteiger partial charge is 0.354 e. The van der Waals surface area contributed by atoms with Crippen LogP contribution < -0.4 is 0 Å². The van der Waals surface area contributed by atoms with Gasteiger partial charge in [-0.15, -0.1) is 0 Å². The van der Waals surface area contributed by atoms with Crippen molar-refractivity contribution in [3.05, 3.63) is 70.2 Å². The number of esters is 1. The fourth-order valence-electron chi connectivity index (χ4n) is 3.25. The molecule has 0 saturated heterocycles. The summed E-state index contributed by atoms with van der Waals surface area (Å²) in [5.41, 5.74) is 0.313. The highest BCUT2D eigenvalue weighted by molar-refractivity contribution is 9.10. The van der Waals surface area contributed by atoms with Gasteiger partial charge < -0.3 is 19.4 Å². The van der Waals surface area contributed by atoms with Gasteiger partial charge in [-0.05, 0) is 29.7 Å². The monoisotopic (exact) mass is 475 g/mol. The molecule has 0 aliphatic carbocycles. The van der Waals surface area contributed by atoms with E-state index in [2.05, 4.69) is 25.8 Å². The molecule has 0 fully saturated rings. The summed E-state index contributed by atoms with van der Waals surface area (Å²) < 4.78 is 11.6. The molecule has 2 aromatic carbocycles. The molecule has 2 unspecified atom stereocenters. The summed E-state index contributed by atoms with van der Waals surface area (Å²) in [5.74, 6) is -1.57. The highest BCUT2D eigenvalue weighted by Crippen LogP contribution is 2.41. The molecule has 1 heterocycles. The molecule has 2 atom stereocenters. The lowest BCUT2D eigenvalue weighted by molar-refractivity contribution is -0.187. The first kappa shape index (κ1) is 22.0. The molecular weight excluding hydrogens is 454 g/mol. The minimum atomic E-state index is -1.73. The van der Waals surface area contributed by atoms with Gasteiger partial charge in [0.15, 0.2) is 0 Å². The number of rotatable bonds is 9. The van der Waals surface area contributed by atoms with E-state index in [-0.39, 0.29) is 25.9 Å². The number of ether oxygens (including phenoxy) is 2. The molecule has 0 spiro atoms. The number of nitrogens with zero attached hydrogens (tertiary/aromatic N) is 1. The van der Waals surface area contributed by atoms with E-state index in [0.717, 1.165) is 10.0 Å². The topological polar surface area (TPSA) is 94.4 Å². The van der Waals surface area contributed by atoms with E-state index in [0.29, 0.717) is 11.3 Å². The first-order valence-electron chi connectivity index (χ1n) is 9.40. The molecule has 0 aromatic heterocycles. The standard InChI is InChI=1S/C22H22BrNO6/c1-28-19(25)12-11-18-13-22(21(26)27,30-24-18)20(16-7-9-17(23)10-8-16)29-14-15-5-3-2-4-6-15/h2-10,20H,11-14H2,1H3,(H,26,27). The van der Waals surface area contributed by atoms with Crippen LogP contribution >= 0.6 is 15.9 Å². The first-order valence-corrected chi connectivity index (χ1v) is 10.2. The number of hydrogen-bond donors (Lipinski definition) is 1. The van der Waals surface area contributed by atoms with Crippen molar-refractivity contribution >= 4 is 33.6 Å². The van der Waals surface area contributed by atoms with Crippen LogP contribution in [-0.2, 0) is 30.5 Å². The molecule has 1 aliphatic rings. The Kier molecular flexibility index (Phi) is 7.23. The van der Waals surface area contributed by atoms with Gasteiger partial charge in [0.05, 0.1) is 25.8 Å². The highest BCUT2D eigenvalue weighted by Gasteiger charge is 2.54. The molecule has 3 rings (SSSR count). The molecule has 2 aromatic rings. The normalized spacial score (nSPS) is 18.9. The number of carbonyl (C=O) groups excluding carboxylic acids is 1. The van der Waals surface area contributed by atoms with Crippen LogP contribution in [-0.4, -0.2) is 35.5 Å². The third-order valence-corrected chi connectivity index (χ3v) is 5.40. The molecule has 1 N–H and O–H groups in total. The predicted octanol–water partition coefficient (Wildman–Crippen LogP) is 4.26. The number of aliphatic carboxylic acids is 1. The highest BCUT2D eigenvalue weighted by atomic mass is 79.9. The molecular formula is C22H22BrNO6. The Morgan fingerprint density at radius 2 is 1.90 bits per heavy atom. The van der Waals surface area contributed by atoms with E-state index < -0.39 is 23.6 Å². The first-order chi connectivity index (χ1) is 14.4. The molecule has 0 radical (unpaired) electrons. The van der Waals surface area contributed by atoms with Crippen LogP contribution in [0.1, 0.15) is 36.5 Å². The van der Waals surface area contributed by atoms with Crippen molar-refractivity contribution in [1.82, 2.24) is 0 Å². The van der Waals surface area contributed by atoms with Gasteiger partial charge in [0.2, 0.25) is 0 Å². The van der Waals surface area contributed by atoms with Crippen LogP contribution in [0.5, 0.6) is 0 Å². The fourth-order valence-corrected chi connectivity index (χ4v) is 3.52. The Bertz CT molecular complexity index is 915. The molecule has 30 heavy (non-hydrogen) atoms. The van der Waals surface area contributed by atoms with Crippen LogP contribution in [0.2, 0.25) is 0 Å². The number of carbonyl (C=O) groups is 2. The Balaban J connectivity index is 1.86. The average Bonchev–Trinajstić information content (AvgIpc) is 3.19. The van der Waals surface area contributed by atoms with E-state index in [1.807, 2.05) is 42.5 Å². The molecule has 0 amide bonds. The van der Waals surface area contributed by atoms with Crippen molar-refractivity contribution in [3.8, 4) is 0 Å². The minimum absolute atomic E-state index is 0.00878. The second-order valence-electron chi connectivity index (χ2n) is 6.92. The summed E-state index contributed by atoms with van der Waals surface area (Å²) in [4.78, 5) is 29.3. The maximum absolute atomic E-state index is 12.4. The Labute approximate surface area is 182 Å². The van der Waals surface area contributed by atoms with Gasteiger partial charge in [-0.25, -0.2) is 4.79 Å². The molecule has 7 nitrogen and oxygen atoms in total. The summed E-state index contributed by atoms with van der Waals surface area (Å²) in [5, 5.41) is 14.1. The van der Waals surface area contributed by atoms with Crippen molar-refractivity contribution in [3.63, 3.8) is 0 Å². The number of carboxylic acid groups (broad SMARTS) is 1. The van der Waals surface area contributed by atoms with E-state index in [1.165, 1.54) is 7.11 Å². The number of oxime groups is 1. The second-order valence-corrected chi connectivity index (χ2v) is 7.84. The number of carboxylic acids is 1. The Hall–Kier alpha value is -2.71. The molecule has 1 aliphatic heterocycles. The van der Waals surface area contributed by atoms with Crippen molar-refractivity contribution in [2.24, 2.45) is 5.16 Å². The molecule has 0 bridgehead atoms. The van der Waals surface area contributed by atoms with Crippen molar-refractivity contribution in [2.75, 3.05) is 7.11 Å². The van der Waals surface area contributed by atoms with Crippen LogP contribution in [0.4, 0.5) is 0 Å². The lowest BCUT2D eigenvalue weighted by Crippen LogP contribution is -2.46. The maximum atomic E-state index is 12.4. The van der Waals surface area contributed by atoms with Crippen molar-refractivity contribution in [2.45, 2.75) is 37.6 Å². The van der Waals surface area contributed by atoms with Crippen molar-refractivity contribution < 1.29 is 29.0 Å². The largest absolute Gasteiger partial charge is 0.478 e. The second kappa shape index (κ2) is 9.86. The lowest BCUT2D eigenvalue weighted by Gasteiger charge is -2.31. The number of methoxy groups -OCH3 is 1. The maximum Gasteiger partial charge on any atom is 0.354 e. The average molecular weight is 476 g/mol. The minimum Gasteiger partial charge on any atom is -0.478 e. The van der Waals surface area contributed by atoms with Gasteiger partial charge in [-0.3, -0.25) is 4.79 Å². The number of halogens is 1. The summed E-state index contributed by atoms with van der Waals surface area (Å²) >= 11 is 3.39.